The van der Waals surface area contributed by atoms with E-state index in [1.807, 2.05) is 25.1 Å². The van der Waals surface area contributed by atoms with Gasteiger partial charge in [0.25, 0.3) is 0 Å². The third kappa shape index (κ3) is 2.89. The van der Waals surface area contributed by atoms with E-state index >= 15 is 0 Å². The fourth-order valence-electron chi connectivity index (χ4n) is 1.16. The molecule has 0 amide bonds. The topological polar surface area (TPSA) is 29.5 Å². The van der Waals surface area contributed by atoms with Crippen molar-refractivity contribution in [2.24, 2.45) is 0 Å². The molecule has 0 spiro atoms. The van der Waals surface area contributed by atoms with Gasteiger partial charge in [0.2, 0.25) is 0 Å². The summed E-state index contributed by atoms with van der Waals surface area (Å²) < 4.78 is 5.52. The molecule has 0 saturated carbocycles. The molecule has 1 aromatic rings. The van der Waals surface area contributed by atoms with Crippen molar-refractivity contribution in [2.75, 3.05) is 13.2 Å². The Balaban J connectivity index is 2.59. The van der Waals surface area contributed by atoms with Crippen LogP contribution in [0.4, 0.5) is 0 Å². The summed E-state index contributed by atoms with van der Waals surface area (Å²) in [6.07, 6.45) is 3.48. The van der Waals surface area contributed by atoms with Crippen LogP contribution in [-0.2, 0) is 0 Å². The molecule has 2 heteroatoms. The Hall–Kier alpha value is -1.28. The van der Waals surface area contributed by atoms with Gasteiger partial charge in [-0.3, -0.25) is 0 Å². The zero-order valence-corrected chi connectivity index (χ0v) is 8.66. The Morgan fingerprint density at radius 1 is 1.29 bits per heavy atom. The number of aryl methyl sites for hydroxylation is 1. The summed E-state index contributed by atoms with van der Waals surface area (Å²) >= 11 is 0. The van der Waals surface area contributed by atoms with Crippen LogP contribution in [0.2, 0.25) is 0 Å². The molecule has 0 aliphatic rings. The van der Waals surface area contributed by atoms with Gasteiger partial charge in [0.1, 0.15) is 12.4 Å². The largest absolute Gasteiger partial charge is 0.489 e. The average Bonchev–Trinajstić information content (AvgIpc) is 2.19. The van der Waals surface area contributed by atoms with Crippen molar-refractivity contribution >= 4 is 0 Å². The van der Waals surface area contributed by atoms with Crippen LogP contribution in [0.15, 0.2) is 30.4 Å². The van der Waals surface area contributed by atoms with Crippen molar-refractivity contribution in [1.82, 2.24) is 0 Å². The van der Waals surface area contributed by atoms with Gasteiger partial charge < -0.3 is 9.84 Å². The summed E-state index contributed by atoms with van der Waals surface area (Å²) in [6.45, 7) is 4.67. The monoisotopic (exact) mass is 192 g/mol. The van der Waals surface area contributed by atoms with Crippen LogP contribution >= 0.6 is 0 Å². The van der Waals surface area contributed by atoms with E-state index in [0.717, 1.165) is 5.75 Å². The third-order valence-electron chi connectivity index (χ3n) is 2.16. The number of benzene rings is 1. The number of aliphatic hydroxyl groups is 1. The Labute approximate surface area is 84.8 Å². The van der Waals surface area contributed by atoms with Gasteiger partial charge in [0.15, 0.2) is 0 Å². The standard InChI is InChI=1S/C12H16O2/c1-10-6-5-7-12(11(10)2)14-9-4-3-8-13/h3-7,13H,8-9H2,1-2H3/b4-3+. The molecule has 0 aromatic heterocycles. The molecule has 1 rings (SSSR count). The van der Waals surface area contributed by atoms with Crippen LogP contribution < -0.4 is 4.74 Å². The van der Waals surface area contributed by atoms with Gasteiger partial charge >= 0.3 is 0 Å². The second-order valence-electron chi connectivity index (χ2n) is 3.16. The van der Waals surface area contributed by atoms with Crippen molar-refractivity contribution in [3.63, 3.8) is 0 Å². The lowest BCUT2D eigenvalue weighted by Gasteiger charge is -2.08. The Morgan fingerprint density at radius 2 is 2.07 bits per heavy atom. The smallest absolute Gasteiger partial charge is 0.122 e. The molecule has 0 fully saturated rings. The lowest BCUT2D eigenvalue weighted by molar-refractivity contribution is 0.336. The van der Waals surface area contributed by atoms with Gasteiger partial charge in [-0.15, -0.1) is 0 Å². The quantitative estimate of drug-likeness (QED) is 0.741. The van der Waals surface area contributed by atoms with Gasteiger partial charge in [0.05, 0.1) is 6.61 Å². The van der Waals surface area contributed by atoms with Crippen LogP contribution in [0, 0.1) is 13.8 Å². The highest BCUT2D eigenvalue weighted by atomic mass is 16.5. The number of hydrogen-bond donors (Lipinski definition) is 1. The molecule has 0 atom stereocenters. The first-order valence-electron chi connectivity index (χ1n) is 4.70. The first-order valence-corrected chi connectivity index (χ1v) is 4.70. The van der Waals surface area contributed by atoms with Gasteiger partial charge in [0, 0.05) is 0 Å². The third-order valence-corrected chi connectivity index (χ3v) is 2.16. The molecule has 0 radical (unpaired) electrons. The van der Waals surface area contributed by atoms with E-state index in [0.29, 0.717) is 6.61 Å². The van der Waals surface area contributed by atoms with E-state index in [9.17, 15) is 0 Å². The molecule has 14 heavy (non-hydrogen) atoms. The molecule has 0 unspecified atom stereocenters. The molecule has 0 aliphatic carbocycles. The van der Waals surface area contributed by atoms with Crippen LogP contribution in [0.25, 0.3) is 0 Å². The molecular formula is C12H16O2. The normalized spacial score (nSPS) is 10.8. The fraction of sp³-hybridized carbons (Fsp3) is 0.333. The molecule has 1 N–H and O–H groups in total. The van der Waals surface area contributed by atoms with Crippen LogP contribution in [0.5, 0.6) is 5.75 Å². The summed E-state index contributed by atoms with van der Waals surface area (Å²) in [5.74, 6) is 0.910. The van der Waals surface area contributed by atoms with E-state index in [4.69, 9.17) is 9.84 Å². The summed E-state index contributed by atoms with van der Waals surface area (Å²) in [5, 5.41) is 8.52. The lowest BCUT2D eigenvalue weighted by Crippen LogP contribution is -1.96. The molecule has 0 bridgehead atoms. The zero-order chi connectivity index (χ0) is 10.4. The minimum Gasteiger partial charge on any atom is -0.489 e. The molecule has 0 heterocycles. The van der Waals surface area contributed by atoms with E-state index in [1.165, 1.54) is 11.1 Å². The van der Waals surface area contributed by atoms with E-state index in [1.54, 1.807) is 6.08 Å². The van der Waals surface area contributed by atoms with E-state index in [2.05, 4.69) is 13.0 Å². The molecule has 0 saturated heterocycles. The highest BCUT2D eigenvalue weighted by Crippen LogP contribution is 2.20. The highest BCUT2D eigenvalue weighted by Gasteiger charge is 1.99. The van der Waals surface area contributed by atoms with Gasteiger partial charge in [-0.2, -0.15) is 0 Å². The number of hydrogen-bond acceptors (Lipinski definition) is 2. The molecule has 2 nitrogen and oxygen atoms in total. The second-order valence-corrected chi connectivity index (χ2v) is 3.16. The predicted octanol–water partition coefficient (Wildman–Crippen LogP) is 2.23. The summed E-state index contributed by atoms with van der Waals surface area (Å²) in [5.41, 5.74) is 2.40. The van der Waals surface area contributed by atoms with Crippen molar-refractivity contribution in [2.45, 2.75) is 13.8 Å². The first kappa shape index (κ1) is 10.8. The van der Waals surface area contributed by atoms with Crippen LogP contribution in [0.1, 0.15) is 11.1 Å². The zero-order valence-electron chi connectivity index (χ0n) is 8.66. The average molecular weight is 192 g/mol. The minimum atomic E-state index is 0.0656. The summed E-state index contributed by atoms with van der Waals surface area (Å²) in [4.78, 5) is 0. The second kappa shape index (κ2) is 5.45. The molecule has 1 aromatic carbocycles. The lowest BCUT2D eigenvalue weighted by atomic mass is 10.1. The summed E-state index contributed by atoms with van der Waals surface area (Å²) in [6, 6.07) is 5.99. The Morgan fingerprint density at radius 3 is 2.79 bits per heavy atom. The molecular weight excluding hydrogens is 176 g/mol. The Bertz CT molecular complexity index is 316. The predicted molar refractivity (Wildman–Crippen MR) is 57.6 cm³/mol. The molecule has 0 aliphatic heterocycles. The van der Waals surface area contributed by atoms with Gasteiger partial charge in [-0.25, -0.2) is 0 Å². The SMILES string of the molecule is Cc1cccc(OC/C=C/CO)c1C. The van der Waals surface area contributed by atoms with Crippen molar-refractivity contribution in [3.8, 4) is 5.75 Å². The van der Waals surface area contributed by atoms with Gasteiger partial charge in [-0.1, -0.05) is 18.2 Å². The minimum absolute atomic E-state index is 0.0656. The van der Waals surface area contributed by atoms with Crippen molar-refractivity contribution in [1.29, 1.82) is 0 Å². The maximum Gasteiger partial charge on any atom is 0.122 e. The van der Waals surface area contributed by atoms with E-state index in [-0.39, 0.29) is 6.61 Å². The first-order chi connectivity index (χ1) is 6.75. The van der Waals surface area contributed by atoms with Gasteiger partial charge in [-0.05, 0) is 37.1 Å². The van der Waals surface area contributed by atoms with Crippen molar-refractivity contribution in [3.05, 3.63) is 41.5 Å². The van der Waals surface area contributed by atoms with Crippen LogP contribution in [0.3, 0.4) is 0 Å². The summed E-state index contributed by atoms with van der Waals surface area (Å²) in [7, 11) is 0. The maximum atomic E-state index is 8.52. The Kier molecular flexibility index (Phi) is 4.20. The maximum absolute atomic E-state index is 8.52. The van der Waals surface area contributed by atoms with Crippen LogP contribution in [-0.4, -0.2) is 18.3 Å². The number of ether oxygens (including phenoxy) is 1. The highest BCUT2D eigenvalue weighted by molar-refractivity contribution is 5.38. The molecule has 76 valence electrons. The number of rotatable bonds is 4. The van der Waals surface area contributed by atoms with Crippen molar-refractivity contribution < 1.29 is 9.84 Å². The fourth-order valence-corrected chi connectivity index (χ4v) is 1.16. The van der Waals surface area contributed by atoms with E-state index < -0.39 is 0 Å². The number of aliphatic hydroxyl groups excluding tert-OH is 1.